The summed E-state index contributed by atoms with van der Waals surface area (Å²) in [6.07, 6.45) is 0. The molecular weight excluding hydrogens is 402 g/mol. The molecule has 0 unspecified atom stereocenters. The van der Waals surface area contributed by atoms with Crippen LogP contribution in [0.3, 0.4) is 0 Å². The number of para-hydroxylation sites is 2. The zero-order valence-electron chi connectivity index (χ0n) is 18.5. The van der Waals surface area contributed by atoms with Crippen molar-refractivity contribution in [2.75, 3.05) is 10.6 Å². The monoisotopic (exact) mass is 429 g/mol. The van der Waals surface area contributed by atoms with Gasteiger partial charge in [-0.2, -0.15) is 0 Å². The first kappa shape index (κ1) is 20.7. The average molecular weight is 430 g/mol. The van der Waals surface area contributed by atoms with Crippen molar-refractivity contribution in [3.63, 3.8) is 0 Å². The van der Waals surface area contributed by atoms with Gasteiger partial charge in [-0.1, -0.05) is 97.1 Å². The molecule has 1 heterocycles. The smallest absolute Gasteiger partial charge is 0.0557 e. The Hall–Kier alpha value is -4.24. The molecule has 0 atom stereocenters. The van der Waals surface area contributed by atoms with Gasteiger partial charge in [-0.25, -0.2) is 0 Å². The van der Waals surface area contributed by atoms with Crippen LogP contribution in [0.4, 0.5) is 11.4 Å². The Morgan fingerprint density at radius 2 is 1.09 bits per heavy atom. The molecular formula is C30H27N3. The molecule has 0 aliphatic heterocycles. The van der Waals surface area contributed by atoms with E-state index in [1.54, 1.807) is 0 Å². The van der Waals surface area contributed by atoms with Crippen LogP contribution >= 0.6 is 0 Å². The molecule has 162 valence electrons. The molecule has 0 saturated carbocycles. The second kappa shape index (κ2) is 9.92. The first-order chi connectivity index (χ1) is 16.4. The minimum Gasteiger partial charge on any atom is -0.379 e. The summed E-state index contributed by atoms with van der Waals surface area (Å²) in [5.41, 5.74) is 9.44. The summed E-state index contributed by atoms with van der Waals surface area (Å²) < 4.78 is 0. The number of rotatable bonds is 8. The van der Waals surface area contributed by atoms with Gasteiger partial charge in [0.15, 0.2) is 0 Å². The summed E-state index contributed by atoms with van der Waals surface area (Å²) in [4.78, 5) is 3.66. The van der Waals surface area contributed by atoms with Gasteiger partial charge in [0.1, 0.15) is 0 Å². The molecule has 0 bridgehead atoms. The Morgan fingerprint density at radius 3 is 1.79 bits per heavy atom. The molecule has 0 amide bonds. The van der Waals surface area contributed by atoms with Gasteiger partial charge in [-0.3, -0.25) is 0 Å². The minimum atomic E-state index is 0.717. The lowest BCUT2D eigenvalue weighted by atomic mass is 10.0. The molecule has 0 saturated heterocycles. The number of aromatic amines is 1. The van der Waals surface area contributed by atoms with Crippen LogP contribution in [-0.4, -0.2) is 4.98 Å². The van der Waals surface area contributed by atoms with E-state index in [9.17, 15) is 0 Å². The number of nitrogens with one attached hydrogen (secondary N) is 3. The molecule has 0 radical (unpaired) electrons. The first-order valence-electron chi connectivity index (χ1n) is 11.3. The molecule has 5 rings (SSSR count). The van der Waals surface area contributed by atoms with Crippen LogP contribution in [0.5, 0.6) is 0 Å². The van der Waals surface area contributed by atoms with Crippen LogP contribution < -0.4 is 10.6 Å². The number of hydrogen-bond donors (Lipinski definition) is 3. The highest BCUT2D eigenvalue weighted by atomic mass is 14.9. The summed E-state index contributed by atoms with van der Waals surface area (Å²) >= 11 is 0. The maximum atomic E-state index is 3.66. The quantitative estimate of drug-likeness (QED) is 0.238. The second-order valence-corrected chi connectivity index (χ2v) is 8.04. The molecule has 3 N–H and O–H groups in total. The lowest BCUT2D eigenvalue weighted by Crippen LogP contribution is -2.03. The highest BCUT2D eigenvalue weighted by Gasteiger charge is 2.11. The third-order valence-corrected chi connectivity index (χ3v) is 5.76. The molecule has 0 spiro atoms. The van der Waals surface area contributed by atoms with Gasteiger partial charge in [0.25, 0.3) is 0 Å². The van der Waals surface area contributed by atoms with Crippen LogP contribution in [0.15, 0.2) is 121 Å². The lowest BCUT2D eigenvalue weighted by molar-refractivity contribution is 1.01. The standard InChI is InChI=1S/C30H27N3/c1-4-12-23(13-5-1)27-18-10-11-19-29(27)32-21-26-20-28(24-14-6-2-7-15-24)30(33-26)22-31-25-16-8-3-9-17-25/h1-20,31-33H,21-22H2. The van der Waals surface area contributed by atoms with Crippen molar-refractivity contribution in [2.24, 2.45) is 0 Å². The molecule has 3 nitrogen and oxygen atoms in total. The van der Waals surface area contributed by atoms with Crippen molar-refractivity contribution in [3.8, 4) is 22.3 Å². The van der Waals surface area contributed by atoms with Gasteiger partial charge in [0, 0.05) is 33.9 Å². The zero-order chi connectivity index (χ0) is 22.3. The molecule has 0 aliphatic carbocycles. The molecule has 1 aromatic heterocycles. The van der Waals surface area contributed by atoms with E-state index in [0.717, 1.165) is 30.2 Å². The van der Waals surface area contributed by atoms with Crippen molar-refractivity contribution in [1.29, 1.82) is 0 Å². The Balaban J connectivity index is 1.39. The van der Waals surface area contributed by atoms with E-state index in [0.29, 0.717) is 0 Å². The molecule has 5 aromatic rings. The molecule has 33 heavy (non-hydrogen) atoms. The van der Waals surface area contributed by atoms with E-state index in [1.807, 2.05) is 6.07 Å². The van der Waals surface area contributed by atoms with Crippen molar-refractivity contribution in [2.45, 2.75) is 13.1 Å². The third-order valence-electron chi connectivity index (χ3n) is 5.76. The van der Waals surface area contributed by atoms with E-state index >= 15 is 0 Å². The van der Waals surface area contributed by atoms with Crippen LogP contribution in [0.25, 0.3) is 22.3 Å². The molecule has 4 aromatic carbocycles. The fourth-order valence-corrected chi connectivity index (χ4v) is 4.11. The summed E-state index contributed by atoms with van der Waals surface area (Å²) in [6.45, 7) is 1.45. The highest BCUT2D eigenvalue weighted by molar-refractivity contribution is 5.77. The van der Waals surface area contributed by atoms with E-state index in [2.05, 4.69) is 131 Å². The van der Waals surface area contributed by atoms with Gasteiger partial charge < -0.3 is 15.6 Å². The Kier molecular flexibility index (Phi) is 6.21. The van der Waals surface area contributed by atoms with Crippen LogP contribution in [0.2, 0.25) is 0 Å². The van der Waals surface area contributed by atoms with Crippen molar-refractivity contribution >= 4 is 11.4 Å². The normalized spacial score (nSPS) is 10.7. The topological polar surface area (TPSA) is 39.9 Å². The Morgan fingerprint density at radius 1 is 0.515 bits per heavy atom. The van der Waals surface area contributed by atoms with Crippen LogP contribution in [0.1, 0.15) is 11.4 Å². The predicted octanol–water partition coefficient (Wildman–Crippen LogP) is 7.57. The first-order valence-corrected chi connectivity index (χ1v) is 11.3. The fourth-order valence-electron chi connectivity index (χ4n) is 4.11. The number of hydrogen-bond acceptors (Lipinski definition) is 2. The van der Waals surface area contributed by atoms with E-state index in [-0.39, 0.29) is 0 Å². The third kappa shape index (κ3) is 4.99. The summed E-state index contributed by atoms with van der Waals surface area (Å²) in [7, 11) is 0. The van der Waals surface area contributed by atoms with Crippen LogP contribution in [0, 0.1) is 0 Å². The second-order valence-electron chi connectivity index (χ2n) is 8.04. The Bertz CT molecular complexity index is 1290. The van der Waals surface area contributed by atoms with Gasteiger partial charge in [-0.15, -0.1) is 0 Å². The Labute approximate surface area is 195 Å². The number of anilines is 2. The van der Waals surface area contributed by atoms with E-state index in [1.165, 1.54) is 27.9 Å². The summed E-state index contributed by atoms with van der Waals surface area (Å²) in [6, 6.07) is 42.1. The van der Waals surface area contributed by atoms with Gasteiger partial charge in [0.05, 0.1) is 13.1 Å². The number of benzene rings is 4. The lowest BCUT2D eigenvalue weighted by Gasteiger charge is -2.12. The molecule has 0 aliphatic rings. The average Bonchev–Trinajstić information content (AvgIpc) is 3.31. The minimum absolute atomic E-state index is 0.717. The van der Waals surface area contributed by atoms with Gasteiger partial charge in [-0.05, 0) is 35.4 Å². The summed E-state index contributed by atoms with van der Waals surface area (Å²) in [5, 5.41) is 7.18. The van der Waals surface area contributed by atoms with Crippen LogP contribution in [-0.2, 0) is 13.1 Å². The summed E-state index contributed by atoms with van der Waals surface area (Å²) in [5.74, 6) is 0. The largest absolute Gasteiger partial charge is 0.379 e. The predicted molar refractivity (Wildman–Crippen MR) is 139 cm³/mol. The fraction of sp³-hybridized carbons (Fsp3) is 0.0667. The highest BCUT2D eigenvalue weighted by Crippen LogP contribution is 2.29. The maximum absolute atomic E-state index is 3.66. The molecule has 0 fully saturated rings. The SMILES string of the molecule is c1ccc(NCc2[nH]c(CNc3ccccc3-c3ccccc3)cc2-c2ccccc2)cc1. The molecule has 3 heteroatoms. The van der Waals surface area contributed by atoms with Crippen molar-refractivity contribution < 1.29 is 0 Å². The van der Waals surface area contributed by atoms with Crippen molar-refractivity contribution in [1.82, 2.24) is 4.98 Å². The maximum Gasteiger partial charge on any atom is 0.0557 e. The number of H-pyrrole nitrogens is 1. The zero-order valence-corrected chi connectivity index (χ0v) is 18.5. The van der Waals surface area contributed by atoms with E-state index in [4.69, 9.17) is 0 Å². The van der Waals surface area contributed by atoms with Crippen molar-refractivity contribution in [3.05, 3.63) is 133 Å². The number of aromatic nitrogens is 1. The van der Waals surface area contributed by atoms with Gasteiger partial charge in [0.2, 0.25) is 0 Å². The van der Waals surface area contributed by atoms with E-state index < -0.39 is 0 Å². The van der Waals surface area contributed by atoms with Gasteiger partial charge >= 0.3 is 0 Å².